The molecular weight excluding hydrogens is 240 g/mol. The van der Waals surface area contributed by atoms with Crippen molar-refractivity contribution in [2.45, 2.75) is 25.5 Å². The second kappa shape index (κ2) is 6.89. The van der Waals surface area contributed by atoms with Gasteiger partial charge in [0.1, 0.15) is 5.75 Å². The van der Waals surface area contributed by atoms with Crippen LogP contribution in [0.4, 0.5) is 0 Å². The predicted octanol–water partition coefficient (Wildman–Crippen LogP) is 1.81. The summed E-state index contributed by atoms with van der Waals surface area (Å²) in [5.41, 5.74) is 7.19. The molecule has 1 aromatic rings. The lowest BCUT2D eigenvalue weighted by Gasteiger charge is -2.31. The van der Waals surface area contributed by atoms with Gasteiger partial charge in [0.15, 0.2) is 0 Å². The number of hydrogen-bond acceptors (Lipinski definition) is 4. The van der Waals surface area contributed by atoms with Crippen molar-refractivity contribution in [3.8, 4) is 5.75 Å². The van der Waals surface area contributed by atoms with E-state index >= 15 is 0 Å². The van der Waals surface area contributed by atoms with E-state index in [0.717, 1.165) is 31.9 Å². The third-order valence-corrected chi connectivity index (χ3v) is 3.65. The van der Waals surface area contributed by atoms with E-state index in [4.69, 9.17) is 15.2 Å². The van der Waals surface area contributed by atoms with Crippen LogP contribution in [0.5, 0.6) is 5.75 Å². The zero-order valence-electron chi connectivity index (χ0n) is 11.8. The van der Waals surface area contributed by atoms with E-state index < -0.39 is 0 Å². The molecule has 0 radical (unpaired) electrons. The number of nitrogens with zero attached hydrogens (tertiary/aromatic N) is 1. The average molecular weight is 264 g/mol. The quantitative estimate of drug-likeness (QED) is 0.901. The van der Waals surface area contributed by atoms with Crippen molar-refractivity contribution >= 4 is 0 Å². The Morgan fingerprint density at radius 1 is 1.47 bits per heavy atom. The molecule has 0 bridgehead atoms. The first kappa shape index (κ1) is 14.3. The number of hydrogen-bond donors (Lipinski definition) is 1. The van der Waals surface area contributed by atoms with E-state index in [9.17, 15) is 0 Å². The largest absolute Gasteiger partial charge is 0.496 e. The van der Waals surface area contributed by atoms with Gasteiger partial charge in [-0.25, -0.2) is 0 Å². The second-order valence-electron chi connectivity index (χ2n) is 5.02. The summed E-state index contributed by atoms with van der Waals surface area (Å²) in [6.45, 7) is 5.48. The summed E-state index contributed by atoms with van der Waals surface area (Å²) >= 11 is 0. The van der Waals surface area contributed by atoms with E-state index in [1.54, 1.807) is 7.11 Å². The number of rotatable bonds is 4. The van der Waals surface area contributed by atoms with Crippen LogP contribution in [-0.4, -0.2) is 44.4 Å². The van der Waals surface area contributed by atoms with Crippen LogP contribution in [0.1, 0.15) is 24.9 Å². The molecule has 19 heavy (non-hydrogen) atoms. The Labute approximate surface area is 115 Å². The molecule has 1 saturated heterocycles. The summed E-state index contributed by atoms with van der Waals surface area (Å²) < 4.78 is 11.2. The van der Waals surface area contributed by atoms with Crippen LogP contribution < -0.4 is 10.5 Å². The van der Waals surface area contributed by atoms with Crippen LogP contribution in [0.15, 0.2) is 24.3 Å². The van der Waals surface area contributed by atoms with Crippen molar-refractivity contribution in [1.82, 2.24) is 4.90 Å². The van der Waals surface area contributed by atoms with E-state index in [0.29, 0.717) is 6.54 Å². The normalized spacial score (nSPS) is 22.8. The molecule has 1 aromatic carbocycles. The van der Waals surface area contributed by atoms with Gasteiger partial charge in [-0.15, -0.1) is 0 Å². The van der Waals surface area contributed by atoms with Gasteiger partial charge in [0.05, 0.1) is 19.3 Å². The lowest BCUT2D eigenvalue weighted by molar-refractivity contribution is 0.0609. The van der Waals surface area contributed by atoms with Crippen LogP contribution in [0.2, 0.25) is 0 Å². The highest BCUT2D eigenvalue weighted by molar-refractivity contribution is 5.36. The number of ether oxygens (including phenoxy) is 2. The highest BCUT2D eigenvalue weighted by atomic mass is 16.5. The molecule has 1 aliphatic rings. The molecule has 0 saturated carbocycles. The van der Waals surface area contributed by atoms with Crippen molar-refractivity contribution in [3.05, 3.63) is 29.8 Å². The second-order valence-corrected chi connectivity index (χ2v) is 5.02. The minimum Gasteiger partial charge on any atom is -0.496 e. The van der Waals surface area contributed by atoms with Gasteiger partial charge in [-0.2, -0.15) is 0 Å². The average Bonchev–Trinajstić information content (AvgIpc) is 2.65. The molecule has 1 fully saturated rings. The predicted molar refractivity (Wildman–Crippen MR) is 76.4 cm³/mol. The fourth-order valence-corrected chi connectivity index (χ4v) is 2.72. The van der Waals surface area contributed by atoms with Crippen molar-refractivity contribution < 1.29 is 9.47 Å². The lowest BCUT2D eigenvalue weighted by atomic mass is 10.0. The fourth-order valence-electron chi connectivity index (χ4n) is 2.72. The first-order chi connectivity index (χ1) is 9.26. The molecular formula is C15H24N2O2. The molecule has 106 valence electrons. The zero-order chi connectivity index (χ0) is 13.7. The number of nitrogens with two attached hydrogens (primary N) is 1. The fraction of sp³-hybridized carbons (Fsp3) is 0.600. The molecule has 4 nitrogen and oxygen atoms in total. The summed E-state index contributed by atoms with van der Waals surface area (Å²) in [5, 5.41) is 0. The molecule has 2 atom stereocenters. The molecule has 0 amide bonds. The molecule has 4 heteroatoms. The van der Waals surface area contributed by atoms with Crippen molar-refractivity contribution in [3.63, 3.8) is 0 Å². The van der Waals surface area contributed by atoms with E-state index in [2.05, 4.69) is 17.9 Å². The lowest BCUT2D eigenvalue weighted by Crippen LogP contribution is -2.37. The third kappa shape index (κ3) is 3.47. The van der Waals surface area contributed by atoms with E-state index in [1.165, 1.54) is 5.56 Å². The Hall–Kier alpha value is -1.10. The zero-order valence-corrected chi connectivity index (χ0v) is 11.8. The van der Waals surface area contributed by atoms with Crippen molar-refractivity contribution in [2.75, 3.05) is 33.4 Å². The minimum atomic E-state index is 0.195. The Bertz CT molecular complexity index is 397. The molecule has 1 heterocycles. The molecule has 0 aromatic heterocycles. The molecule has 2 rings (SSSR count). The molecule has 0 spiro atoms. The maximum atomic E-state index is 6.02. The first-order valence-electron chi connectivity index (χ1n) is 6.95. The van der Waals surface area contributed by atoms with E-state index in [-0.39, 0.29) is 12.1 Å². The molecule has 2 unspecified atom stereocenters. The van der Waals surface area contributed by atoms with Gasteiger partial charge in [-0.05, 0) is 19.4 Å². The monoisotopic (exact) mass is 264 g/mol. The van der Waals surface area contributed by atoms with Crippen LogP contribution >= 0.6 is 0 Å². The summed E-state index contributed by atoms with van der Waals surface area (Å²) in [5.74, 6) is 0.913. The van der Waals surface area contributed by atoms with Gasteiger partial charge in [0.25, 0.3) is 0 Å². The SMILES string of the molecule is COc1ccccc1C(CN)N1CCCOC(C)C1. The summed E-state index contributed by atoms with van der Waals surface area (Å²) in [6, 6.07) is 8.32. The smallest absolute Gasteiger partial charge is 0.123 e. The van der Waals surface area contributed by atoms with Crippen LogP contribution in [0.25, 0.3) is 0 Å². The van der Waals surface area contributed by atoms with Gasteiger partial charge < -0.3 is 15.2 Å². The van der Waals surface area contributed by atoms with E-state index in [1.807, 2.05) is 18.2 Å². The Morgan fingerprint density at radius 2 is 2.26 bits per heavy atom. The third-order valence-electron chi connectivity index (χ3n) is 3.65. The Kier molecular flexibility index (Phi) is 5.19. The highest BCUT2D eigenvalue weighted by Crippen LogP contribution is 2.29. The van der Waals surface area contributed by atoms with Crippen LogP contribution in [0.3, 0.4) is 0 Å². The summed E-state index contributed by atoms with van der Waals surface area (Å²) in [7, 11) is 1.71. The molecule has 1 aliphatic heterocycles. The van der Waals surface area contributed by atoms with Gasteiger partial charge in [0.2, 0.25) is 0 Å². The van der Waals surface area contributed by atoms with Gasteiger partial charge >= 0.3 is 0 Å². The minimum absolute atomic E-state index is 0.195. The number of benzene rings is 1. The summed E-state index contributed by atoms with van der Waals surface area (Å²) in [6.07, 6.45) is 1.31. The maximum absolute atomic E-state index is 6.02. The van der Waals surface area contributed by atoms with Gasteiger partial charge in [-0.1, -0.05) is 18.2 Å². The maximum Gasteiger partial charge on any atom is 0.123 e. The number of para-hydroxylation sites is 1. The molecule has 0 aliphatic carbocycles. The van der Waals surface area contributed by atoms with Gasteiger partial charge in [0, 0.05) is 31.8 Å². The first-order valence-corrected chi connectivity index (χ1v) is 6.95. The summed E-state index contributed by atoms with van der Waals surface area (Å²) in [4.78, 5) is 2.41. The van der Waals surface area contributed by atoms with Crippen LogP contribution in [0, 0.1) is 0 Å². The number of methoxy groups -OCH3 is 1. The Morgan fingerprint density at radius 3 is 3.00 bits per heavy atom. The van der Waals surface area contributed by atoms with Gasteiger partial charge in [-0.3, -0.25) is 4.90 Å². The topological polar surface area (TPSA) is 47.7 Å². The highest BCUT2D eigenvalue weighted by Gasteiger charge is 2.25. The standard InChI is InChI=1S/C15H24N2O2/c1-12-11-17(8-5-9-19-12)14(10-16)13-6-3-4-7-15(13)18-2/h3-4,6-7,12,14H,5,8-11,16H2,1-2H3. The Balaban J connectivity index is 2.22. The van der Waals surface area contributed by atoms with Crippen molar-refractivity contribution in [2.24, 2.45) is 5.73 Å². The molecule has 2 N–H and O–H groups in total. The van der Waals surface area contributed by atoms with Crippen LogP contribution in [-0.2, 0) is 4.74 Å². The van der Waals surface area contributed by atoms with Crippen molar-refractivity contribution in [1.29, 1.82) is 0 Å².